The summed E-state index contributed by atoms with van der Waals surface area (Å²) >= 11 is 0. The Morgan fingerprint density at radius 3 is 2.28 bits per heavy atom. The molecule has 0 spiro atoms. The first kappa shape index (κ1) is 17.7. The first-order valence-corrected chi connectivity index (χ1v) is 5.97. The van der Waals surface area contributed by atoms with Gasteiger partial charge < -0.3 is 14.9 Å². The zero-order valence-corrected chi connectivity index (χ0v) is 15.6. The van der Waals surface area contributed by atoms with Crippen molar-refractivity contribution in [2.75, 3.05) is 0 Å². The molecule has 0 atom stereocenters. The fourth-order valence-corrected chi connectivity index (χ4v) is 2.80. The van der Waals surface area contributed by atoms with Crippen molar-refractivity contribution in [2.24, 2.45) is 0 Å². The summed E-state index contributed by atoms with van der Waals surface area (Å²) < 4.78 is 0. The number of rotatable bonds is 1. The maximum atomic E-state index is 2.44. The largest absolute Gasteiger partial charge is 0.358 e. The van der Waals surface area contributed by atoms with Crippen molar-refractivity contribution in [3.05, 3.63) is 55.8 Å². The Morgan fingerprint density at radius 2 is 1.67 bits per heavy atom. The van der Waals surface area contributed by atoms with Crippen molar-refractivity contribution in [1.82, 2.24) is 0 Å². The molecule has 0 amide bonds. The van der Waals surface area contributed by atoms with Crippen molar-refractivity contribution >= 4 is 10.8 Å². The number of hydrogen-bond donors (Lipinski definition) is 0. The van der Waals surface area contributed by atoms with Crippen molar-refractivity contribution < 1.29 is 25.8 Å². The quantitative estimate of drug-likeness (QED) is 0.459. The van der Waals surface area contributed by atoms with Crippen LogP contribution in [-0.4, -0.2) is 0 Å². The zero-order chi connectivity index (χ0) is 10.4. The third-order valence-electron chi connectivity index (χ3n) is 3.64. The summed E-state index contributed by atoms with van der Waals surface area (Å²) in [5, 5.41) is 2.94. The molecule has 0 aliphatic heterocycles. The van der Waals surface area contributed by atoms with Crippen LogP contribution < -0.4 is 0 Å². The average Bonchev–Trinajstić information content (AvgIpc) is 2.77. The van der Waals surface area contributed by atoms with Gasteiger partial charge in [-0.25, -0.2) is 0 Å². The molecule has 0 radical (unpaired) electrons. The minimum absolute atomic E-state index is 0. The van der Waals surface area contributed by atoms with Gasteiger partial charge in [-0.1, -0.05) is 30.9 Å². The Morgan fingerprint density at radius 1 is 1.06 bits per heavy atom. The van der Waals surface area contributed by atoms with Crippen LogP contribution in [0.3, 0.4) is 0 Å². The third kappa shape index (κ3) is 2.82. The van der Waals surface area contributed by atoms with E-state index in [0.717, 1.165) is 0 Å². The van der Waals surface area contributed by atoms with E-state index in [2.05, 4.69) is 38.1 Å². The smallest absolute Gasteiger partial charge is 0 e. The van der Waals surface area contributed by atoms with E-state index in [1.54, 1.807) is 11.1 Å². The maximum Gasteiger partial charge on any atom is 0 e. The van der Waals surface area contributed by atoms with Crippen LogP contribution in [0.25, 0.3) is 10.8 Å². The molecule has 1 heteroatoms. The van der Waals surface area contributed by atoms with Gasteiger partial charge in [0.05, 0.1) is 0 Å². The monoisotopic (exact) mass is 407 g/mol. The van der Waals surface area contributed by atoms with Crippen LogP contribution in [0.1, 0.15) is 42.9 Å². The predicted octanol–water partition coefficient (Wildman–Crippen LogP) is 5.07. The van der Waals surface area contributed by atoms with Crippen LogP contribution in [-0.2, 0) is 38.7 Å². The molecule has 0 N–H and O–H groups in total. The van der Waals surface area contributed by atoms with Crippen LogP contribution in [0.5, 0.6) is 0 Å². The Bertz CT molecular complexity index is 506. The van der Waals surface area contributed by atoms with Crippen LogP contribution in [0.2, 0.25) is 0 Å². The number of fused-ring (bicyclic) bond motifs is 2. The van der Waals surface area contributed by atoms with E-state index in [-0.39, 0.29) is 40.7 Å². The average molecular weight is 406 g/mol. The molecule has 98 valence electrons. The van der Waals surface area contributed by atoms with Gasteiger partial charge in [0, 0.05) is 25.8 Å². The number of hydrogen-bond acceptors (Lipinski definition) is 0. The Balaban J connectivity index is 0.000000963. The van der Waals surface area contributed by atoms with Gasteiger partial charge in [0.15, 0.2) is 0 Å². The molecule has 0 nitrogen and oxygen atoms in total. The number of benzene rings is 1. The third-order valence-corrected chi connectivity index (χ3v) is 3.64. The summed E-state index contributed by atoms with van der Waals surface area (Å²) in [6, 6.07) is 9.42. The van der Waals surface area contributed by atoms with Gasteiger partial charge in [0.2, 0.25) is 0 Å². The van der Waals surface area contributed by atoms with Gasteiger partial charge in [-0.05, 0) is 19.3 Å². The standard InChI is InChI=1S/C15H17.2CH3.Hf/c1-10(2)14-7-6-13-8-11-4-3-5-12(11)9-15(13)14;;;/h6-10H,3-5H2,1-2H3;2*1H3;/q3*-1;. The second-order valence-corrected chi connectivity index (χ2v) is 5.01. The summed E-state index contributed by atoms with van der Waals surface area (Å²) in [6.45, 7) is 4.56. The van der Waals surface area contributed by atoms with Crippen molar-refractivity contribution in [2.45, 2.75) is 39.0 Å². The van der Waals surface area contributed by atoms with E-state index >= 15 is 0 Å². The van der Waals surface area contributed by atoms with Gasteiger partial charge in [-0.3, -0.25) is 0 Å². The summed E-state index contributed by atoms with van der Waals surface area (Å²) in [7, 11) is 0. The van der Waals surface area contributed by atoms with Gasteiger partial charge in [-0.15, -0.1) is 34.5 Å². The molecule has 2 aromatic carbocycles. The van der Waals surface area contributed by atoms with E-state index in [1.165, 1.54) is 35.6 Å². The van der Waals surface area contributed by atoms with Gasteiger partial charge in [0.25, 0.3) is 0 Å². The summed E-state index contributed by atoms with van der Waals surface area (Å²) in [6.07, 6.45) is 3.92. The van der Waals surface area contributed by atoms with Crippen LogP contribution in [0.15, 0.2) is 24.3 Å². The van der Waals surface area contributed by atoms with Gasteiger partial charge in [0.1, 0.15) is 0 Å². The van der Waals surface area contributed by atoms with E-state index in [1.807, 2.05) is 0 Å². The molecule has 0 bridgehead atoms. The van der Waals surface area contributed by atoms with Crippen LogP contribution >= 0.6 is 0 Å². The Kier molecular flexibility index (Phi) is 6.63. The van der Waals surface area contributed by atoms with E-state index in [9.17, 15) is 0 Å². The van der Waals surface area contributed by atoms with E-state index < -0.39 is 0 Å². The first-order chi connectivity index (χ1) is 7.25. The molecular weight excluding hydrogens is 383 g/mol. The van der Waals surface area contributed by atoms with Gasteiger partial charge >= 0.3 is 0 Å². The SMILES string of the molecule is CC(C)[c-]1ccc2cc3c(cc21)CCC3.[CH3-].[CH3-].[Hf]. The molecule has 0 aromatic heterocycles. The molecule has 0 saturated carbocycles. The molecule has 1 aliphatic carbocycles. The molecule has 1 aliphatic rings. The Hall–Kier alpha value is -0.300. The molecule has 0 fully saturated rings. The Labute approximate surface area is 131 Å². The molecule has 18 heavy (non-hydrogen) atoms. The fourth-order valence-electron chi connectivity index (χ4n) is 2.80. The zero-order valence-electron chi connectivity index (χ0n) is 12.0. The molecule has 2 aromatic rings. The van der Waals surface area contributed by atoms with E-state index in [4.69, 9.17) is 0 Å². The minimum Gasteiger partial charge on any atom is -0.358 e. The molecule has 0 saturated heterocycles. The second kappa shape index (κ2) is 6.75. The van der Waals surface area contributed by atoms with Crippen LogP contribution in [0, 0.1) is 14.9 Å². The second-order valence-electron chi connectivity index (χ2n) is 5.01. The first-order valence-electron chi connectivity index (χ1n) is 5.97. The predicted molar refractivity (Wildman–Crippen MR) is 78.5 cm³/mol. The minimum atomic E-state index is 0. The molecular formula is C17H23Hf-3. The molecule has 3 rings (SSSR count). The molecule has 0 heterocycles. The normalized spacial score (nSPS) is 12.6. The summed E-state index contributed by atoms with van der Waals surface area (Å²) in [5.74, 6) is 0.641. The topological polar surface area (TPSA) is 0 Å². The fraction of sp³-hybridized carbons (Fsp3) is 0.353. The van der Waals surface area contributed by atoms with Crippen LogP contribution in [0.4, 0.5) is 0 Å². The van der Waals surface area contributed by atoms with Crippen molar-refractivity contribution in [3.63, 3.8) is 0 Å². The summed E-state index contributed by atoms with van der Waals surface area (Å²) in [4.78, 5) is 0. The molecule has 0 unspecified atom stereocenters. The van der Waals surface area contributed by atoms with Crippen molar-refractivity contribution in [1.29, 1.82) is 0 Å². The van der Waals surface area contributed by atoms with Crippen molar-refractivity contribution in [3.8, 4) is 0 Å². The number of aryl methyl sites for hydroxylation is 2. The maximum absolute atomic E-state index is 2.44. The van der Waals surface area contributed by atoms with E-state index in [0.29, 0.717) is 5.92 Å². The van der Waals surface area contributed by atoms with Gasteiger partial charge in [-0.2, -0.15) is 6.07 Å². The summed E-state index contributed by atoms with van der Waals surface area (Å²) in [5.41, 5.74) is 4.69.